The van der Waals surface area contributed by atoms with Gasteiger partial charge in [-0.1, -0.05) is 79.7 Å². The largest absolute Gasteiger partial charge is 0.333 e. The molecule has 2 aliphatic heterocycles. The number of hydrazine groups is 1. The number of piperazine rings is 1. The van der Waals surface area contributed by atoms with Gasteiger partial charge in [0.25, 0.3) is 5.91 Å². The van der Waals surface area contributed by atoms with Gasteiger partial charge in [0, 0.05) is 19.6 Å². The topological polar surface area (TPSA) is 89.1 Å². The Labute approximate surface area is 242 Å². The van der Waals surface area contributed by atoms with E-state index in [2.05, 4.69) is 10.3 Å². The van der Waals surface area contributed by atoms with Crippen LogP contribution in [-0.4, -0.2) is 68.4 Å². The van der Waals surface area contributed by atoms with Crippen molar-refractivity contribution in [2.45, 2.75) is 38.6 Å². The number of hydrogen-bond donors (Lipinski definition) is 1. The van der Waals surface area contributed by atoms with Crippen molar-refractivity contribution in [3.05, 3.63) is 101 Å². The lowest BCUT2D eigenvalue weighted by molar-refractivity contribution is -0.158. The van der Waals surface area contributed by atoms with Crippen LogP contribution in [0.1, 0.15) is 36.1 Å². The zero-order valence-electron chi connectivity index (χ0n) is 22.8. The number of rotatable bonds is 8. The van der Waals surface area contributed by atoms with Gasteiger partial charge in [-0.05, 0) is 29.2 Å². The van der Waals surface area contributed by atoms with Crippen LogP contribution in [-0.2, 0) is 22.7 Å². The van der Waals surface area contributed by atoms with E-state index < -0.39 is 12.2 Å². The first-order valence-corrected chi connectivity index (χ1v) is 14.7. The fourth-order valence-corrected chi connectivity index (χ4v) is 6.47. The highest BCUT2D eigenvalue weighted by Crippen LogP contribution is 2.37. The molecule has 2 atom stereocenters. The van der Waals surface area contributed by atoms with Crippen molar-refractivity contribution in [1.29, 1.82) is 0 Å². The van der Waals surface area contributed by atoms with E-state index in [1.54, 1.807) is 21.2 Å². The Morgan fingerprint density at radius 1 is 1.02 bits per heavy atom. The van der Waals surface area contributed by atoms with E-state index in [-0.39, 0.29) is 30.9 Å². The summed E-state index contributed by atoms with van der Waals surface area (Å²) in [5, 5.41) is 6.50. The molecule has 0 saturated carbocycles. The summed E-state index contributed by atoms with van der Waals surface area (Å²) < 4.78 is 1.06. The number of nitrogens with zero attached hydrogens (tertiary/aromatic N) is 5. The fourth-order valence-electron chi connectivity index (χ4n) is 5.74. The Morgan fingerprint density at radius 3 is 2.54 bits per heavy atom. The lowest BCUT2D eigenvalue weighted by Gasteiger charge is -2.46. The average molecular weight is 569 g/mol. The number of benzene rings is 3. The Kier molecular flexibility index (Phi) is 7.67. The summed E-state index contributed by atoms with van der Waals surface area (Å²) in [6, 6.07) is 24.1. The van der Waals surface area contributed by atoms with Crippen LogP contribution in [0.4, 0.5) is 4.79 Å². The first-order valence-electron chi connectivity index (χ1n) is 13.9. The van der Waals surface area contributed by atoms with Crippen LogP contribution in [0.5, 0.6) is 0 Å². The molecule has 10 heteroatoms. The van der Waals surface area contributed by atoms with Crippen molar-refractivity contribution < 1.29 is 14.4 Å². The molecule has 41 heavy (non-hydrogen) atoms. The van der Waals surface area contributed by atoms with Crippen LogP contribution in [0.15, 0.2) is 84.4 Å². The van der Waals surface area contributed by atoms with Crippen LogP contribution >= 0.6 is 11.3 Å². The van der Waals surface area contributed by atoms with Gasteiger partial charge in [-0.25, -0.2) is 9.78 Å². The normalized spacial score (nSPS) is 19.0. The minimum absolute atomic E-state index is 0.0234. The third-order valence-electron chi connectivity index (χ3n) is 7.64. The second-order valence-electron chi connectivity index (χ2n) is 10.3. The summed E-state index contributed by atoms with van der Waals surface area (Å²) >= 11 is 1.57. The third kappa shape index (κ3) is 5.28. The van der Waals surface area contributed by atoms with E-state index in [1.807, 2.05) is 101 Å². The van der Waals surface area contributed by atoms with Gasteiger partial charge in [0.05, 0.1) is 28.8 Å². The zero-order valence-corrected chi connectivity index (χ0v) is 23.7. The quantitative estimate of drug-likeness (QED) is 0.341. The van der Waals surface area contributed by atoms with Crippen LogP contribution < -0.4 is 5.32 Å². The van der Waals surface area contributed by atoms with Crippen molar-refractivity contribution in [3.8, 4) is 0 Å². The lowest BCUT2D eigenvalue weighted by Crippen LogP contribution is -2.62. The number of thiazole rings is 1. The monoisotopic (exact) mass is 568 g/mol. The predicted octanol–water partition coefficient (Wildman–Crippen LogP) is 4.39. The molecule has 0 spiro atoms. The number of carbonyl (C=O) groups is 3. The standard InChI is InChI=1S/C31H32N6O3S/c1-2-16-35(31(40)32-17-22-10-5-3-6-11-22)36-20-27(38)37-26(36)19-34(30(39)29(37)23-12-7-4-8-13-23)18-24-14-9-15-25-28(24)33-21-41-25/h3-15,21,26,29H,2,16-20H2,1H3,(H,32,40)/t26-,29+/m1/s1. The summed E-state index contributed by atoms with van der Waals surface area (Å²) in [6.07, 6.45) is 0.223. The van der Waals surface area contributed by atoms with Gasteiger partial charge in [-0.15, -0.1) is 11.3 Å². The predicted molar refractivity (Wildman–Crippen MR) is 157 cm³/mol. The highest BCUT2D eigenvalue weighted by molar-refractivity contribution is 7.16. The maximum Gasteiger partial charge on any atom is 0.332 e. The van der Waals surface area contributed by atoms with Crippen molar-refractivity contribution in [2.24, 2.45) is 0 Å². The molecule has 6 rings (SSSR count). The van der Waals surface area contributed by atoms with Crippen molar-refractivity contribution in [2.75, 3.05) is 19.6 Å². The van der Waals surface area contributed by atoms with E-state index >= 15 is 0 Å². The second-order valence-corrected chi connectivity index (χ2v) is 11.2. The van der Waals surface area contributed by atoms with E-state index in [0.29, 0.717) is 26.1 Å². The second kappa shape index (κ2) is 11.7. The number of nitrogens with one attached hydrogen (secondary N) is 1. The number of aromatic nitrogens is 1. The molecular weight excluding hydrogens is 536 g/mol. The van der Waals surface area contributed by atoms with Gasteiger partial charge in [0.1, 0.15) is 12.2 Å². The van der Waals surface area contributed by atoms with Crippen molar-refractivity contribution >= 4 is 39.4 Å². The smallest absolute Gasteiger partial charge is 0.332 e. The number of urea groups is 1. The van der Waals surface area contributed by atoms with E-state index in [4.69, 9.17) is 0 Å². The zero-order chi connectivity index (χ0) is 28.3. The molecule has 0 unspecified atom stereocenters. The summed E-state index contributed by atoms with van der Waals surface area (Å²) in [4.78, 5) is 49.3. The van der Waals surface area contributed by atoms with Gasteiger partial charge >= 0.3 is 6.03 Å². The first-order chi connectivity index (χ1) is 20.0. The Bertz CT molecular complexity index is 1550. The summed E-state index contributed by atoms with van der Waals surface area (Å²) in [5.74, 6) is -0.305. The molecule has 1 aromatic heterocycles. The maximum atomic E-state index is 14.1. The third-order valence-corrected chi connectivity index (χ3v) is 8.44. The minimum atomic E-state index is -0.780. The molecule has 2 aliphatic rings. The van der Waals surface area contributed by atoms with E-state index in [0.717, 1.165) is 26.9 Å². The molecule has 210 valence electrons. The number of amides is 4. The summed E-state index contributed by atoms with van der Waals surface area (Å²) in [7, 11) is 0. The molecule has 0 radical (unpaired) electrons. The molecular formula is C31H32N6O3S. The Balaban J connectivity index is 1.32. The first kappa shape index (κ1) is 26.9. The Hall–Kier alpha value is -4.28. The van der Waals surface area contributed by atoms with Crippen LogP contribution in [0.2, 0.25) is 0 Å². The average Bonchev–Trinajstić information content (AvgIpc) is 3.61. The minimum Gasteiger partial charge on any atom is -0.333 e. The van der Waals surface area contributed by atoms with Gasteiger partial charge in [0.15, 0.2) is 0 Å². The molecule has 1 N–H and O–H groups in total. The van der Waals surface area contributed by atoms with Gasteiger partial charge < -0.3 is 15.1 Å². The van der Waals surface area contributed by atoms with Gasteiger partial charge in [-0.3, -0.25) is 14.6 Å². The molecule has 3 heterocycles. The molecule has 3 aromatic carbocycles. The molecule has 2 saturated heterocycles. The van der Waals surface area contributed by atoms with Crippen LogP contribution in [0.25, 0.3) is 10.2 Å². The lowest BCUT2D eigenvalue weighted by atomic mass is 10.00. The summed E-state index contributed by atoms with van der Waals surface area (Å²) in [6.45, 7) is 3.50. The number of fused-ring (bicyclic) bond motifs is 2. The van der Waals surface area contributed by atoms with Crippen LogP contribution in [0, 0.1) is 0 Å². The summed E-state index contributed by atoms with van der Waals surface area (Å²) in [5.41, 5.74) is 5.40. The highest BCUT2D eigenvalue weighted by Gasteiger charge is 2.52. The molecule has 4 amide bonds. The number of para-hydroxylation sites is 1. The van der Waals surface area contributed by atoms with Gasteiger partial charge in [-0.2, -0.15) is 5.01 Å². The van der Waals surface area contributed by atoms with Crippen molar-refractivity contribution in [3.63, 3.8) is 0 Å². The highest BCUT2D eigenvalue weighted by atomic mass is 32.1. The number of hydrogen-bond acceptors (Lipinski definition) is 6. The fraction of sp³-hybridized carbons (Fsp3) is 0.290. The van der Waals surface area contributed by atoms with E-state index in [9.17, 15) is 14.4 Å². The Morgan fingerprint density at radius 2 is 1.78 bits per heavy atom. The molecule has 2 fully saturated rings. The molecule has 0 bridgehead atoms. The van der Waals surface area contributed by atoms with Crippen molar-refractivity contribution in [1.82, 2.24) is 30.1 Å². The van der Waals surface area contributed by atoms with Gasteiger partial charge in [0.2, 0.25) is 5.91 Å². The molecule has 4 aromatic rings. The number of carbonyl (C=O) groups excluding carboxylic acids is 3. The molecule has 0 aliphatic carbocycles. The van der Waals surface area contributed by atoms with Crippen LogP contribution in [0.3, 0.4) is 0 Å². The maximum absolute atomic E-state index is 14.1. The van der Waals surface area contributed by atoms with E-state index in [1.165, 1.54) is 0 Å². The molecule has 9 nitrogen and oxygen atoms in total. The SMILES string of the molecule is CCCN(C(=O)NCc1ccccc1)N1CC(=O)N2[C@@H](c3ccccc3)C(=O)N(Cc3cccc4scnc34)C[C@@H]21.